The monoisotopic (exact) mass is 231 g/mol. The zero-order valence-corrected chi connectivity index (χ0v) is 9.74. The standard InChI is InChI=1S/C14H14ClN/c15-9-11-1-5-13(6-2-11)14-7-3-12(10-16)4-8-14/h1-8H,9-10,16H2. The summed E-state index contributed by atoms with van der Waals surface area (Å²) >= 11 is 5.75. The topological polar surface area (TPSA) is 26.0 Å². The van der Waals surface area contributed by atoms with Crippen molar-refractivity contribution in [2.45, 2.75) is 12.4 Å². The summed E-state index contributed by atoms with van der Waals surface area (Å²) in [5.74, 6) is 0.562. The first-order valence-corrected chi connectivity index (χ1v) is 5.81. The van der Waals surface area contributed by atoms with E-state index in [1.807, 2.05) is 0 Å². The van der Waals surface area contributed by atoms with E-state index in [0.717, 1.165) is 11.1 Å². The molecule has 0 aliphatic carbocycles. The van der Waals surface area contributed by atoms with Gasteiger partial charge in [-0.2, -0.15) is 0 Å². The fourth-order valence-corrected chi connectivity index (χ4v) is 1.80. The molecule has 2 rings (SSSR count). The van der Waals surface area contributed by atoms with Gasteiger partial charge >= 0.3 is 0 Å². The number of nitrogens with two attached hydrogens (primary N) is 1. The van der Waals surface area contributed by atoms with Gasteiger partial charge in [0.25, 0.3) is 0 Å². The van der Waals surface area contributed by atoms with E-state index in [9.17, 15) is 0 Å². The molecule has 0 spiro atoms. The first kappa shape index (κ1) is 11.2. The van der Waals surface area contributed by atoms with Crippen LogP contribution in [-0.2, 0) is 12.4 Å². The third kappa shape index (κ3) is 2.43. The third-order valence-electron chi connectivity index (χ3n) is 2.63. The highest BCUT2D eigenvalue weighted by molar-refractivity contribution is 6.17. The van der Waals surface area contributed by atoms with Crippen LogP contribution in [0.2, 0.25) is 0 Å². The zero-order chi connectivity index (χ0) is 11.4. The lowest BCUT2D eigenvalue weighted by atomic mass is 10.0. The molecule has 82 valence electrons. The minimum absolute atomic E-state index is 0.562. The minimum Gasteiger partial charge on any atom is -0.326 e. The average molecular weight is 232 g/mol. The van der Waals surface area contributed by atoms with Crippen LogP contribution in [0.15, 0.2) is 48.5 Å². The maximum atomic E-state index is 5.75. The number of hydrogen-bond donors (Lipinski definition) is 1. The van der Waals surface area contributed by atoms with Crippen LogP contribution >= 0.6 is 11.6 Å². The number of halogens is 1. The molecular weight excluding hydrogens is 218 g/mol. The Hall–Kier alpha value is -1.31. The van der Waals surface area contributed by atoms with Crippen LogP contribution in [0.25, 0.3) is 11.1 Å². The van der Waals surface area contributed by atoms with Crippen molar-refractivity contribution in [1.82, 2.24) is 0 Å². The number of benzene rings is 2. The average Bonchev–Trinajstić information content (AvgIpc) is 2.39. The van der Waals surface area contributed by atoms with Crippen molar-refractivity contribution in [3.05, 3.63) is 59.7 Å². The van der Waals surface area contributed by atoms with Crippen molar-refractivity contribution < 1.29 is 0 Å². The predicted octanol–water partition coefficient (Wildman–Crippen LogP) is 3.55. The minimum atomic E-state index is 0.562. The largest absolute Gasteiger partial charge is 0.326 e. The highest BCUT2D eigenvalue weighted by atomic mass is 35.5. The molecule has 2 N–H and O–H groups in total. The van der Waals surface area contributed by atoms with Gasteiger partial charge in [0.1, 0.15) is 0 Å². The summed E-state index contributed by atoms with van der Waals surface area (Å²) in [6.07, 6.45) is 0. The predicted molar refractivity (Wildman–Crippen MR) is 69.3 cm³/mol. The van der Waals surface area contributed by atoms with Gasteiger partial charge in [-0.25, -0.2) is 0 Å². The fourth-order valence-electron chi connectivity index (χ4n) is 1.62. The lowest BCUT2D eigenvalue weighted by molar-refractivity contribution is 1.07. The summed E-state index contributed by atoms with van der Waals surface area (Å²) in [6, 6.07) is 16.6. The van der Waals surface area contributed by atoms with Crippen LogP contribution in [0.4, 0.5) is 0 Å². The lowest BCUT2D eigenvalue weighted by Gasteiger charge is -2.04. The molecule has 0 bridgehead atoms. The van der Waals surface area contributed by atoms with E-state index in [-0.39, 0.29) is 0 Å². The summed E-state index contributed by atoms with van der Waals surface area (Å²) in [4.78, 5) is 0. The zero-order valence-electron chi connectivity index (χ0n) is 8.99. The molecule has 0 aliphatic heterocycles. The summed E-state index contributed by atoms with van der Waals surface area (Å²) in [7, 11) is 0. The van der Waals surface area contributed by atoms with Crippen LogP contribution in [0, 0.1) is 0 Å². The van der Waals surface area contributed by atoms with E-state index in [1.165, 1.54) is 11.1 Å². The summed E-state index contributed by atoms with van der Waals surface area (Å²) in [5.41, 5.74) is 10.3. The Bertz CT molecular complexity index is 400. The summed E-state index contributed by atoms with van der Waals surface area (Å²) in [5, 5.41) is 0. The van der Waals surface area contributed by atoms with Crippen LogP contribution in [-0.4, -0.2) is 0 Å². The maximum absolute atomic E-state index is 5.75. The smallest absolute Gasteiger partial charge is 0.0474 e. The molecule has 0 saturated heterocycles. The van der Waals surface area contributed by atoms with Gasteiger partial charge in [-0.15, -0.1) is 11.6 Å². The van der Waals surface area contributed by atoms with Crippen molar-refractivity contribution in [2.75, 3.05) is 0 Å². The highest BCUT2D eigenvalue weighted by Gasteiger charge is 1.97. The van der Waals surface area contributed by atoms with E-state index < -0.39 is 0 Å². The lowest BCUT2D eigenvalue weighted by Crippen LogP contribution is -1.95. The molecule has 1 nitrogen and oxygen atoms in total. The van der Waals surface area contributed by atoms with Crippen molar-refractivity contribution in [3.63, 3.8) is 0 Å². The molecule has 0 aliphatic rings. The molecule has 2 heteroatoms. The SMILES string of the molecule is NCc1ccc(-c2ccc(CCl)cc2)cc1. The van der Waals surface area contributed by atoms with Gasteiger partial charge in [0.05, 0.1) is 0 Å². The van der Waals surface area contributed by atoms with Gasteiger partial charge in [-0.1, -0.05) is 48.5 Å². The molecule has 0 radical (unpaired) electrons. The second-order valence-electron chi connectivity index (χ2n) is 3.73. The Kier molecular flexibility index (Phi) is 3.60. The second kappa shape index (κ2) is 5.15. The first-order chi connectivity index (χ1) is 7.83. The Morgan fingerprint density at radius 2 is 1.19 bits per heavy atom. The molecule has 0 saturated carbocycles. The molecule has 0 atom stereocenters. The fraction of sp³-hybridized carbons (Fsp3) is 0.143. The molecular formula is C14H14ClN. The molecule has 2 aromatic carbocycles. The van der Waals surface area contributed by atoms with Crippen molar-refractivity contribution in [3.8, 4) is 11.1 Å². The Morgan fingerprint density at radius 3 is 1.56 bits per heavy atom. The van der Waals surface area contributed by atoms with E-state index in [2.05, 4.69) is 48.5 Å². The number of hydrogen-bond acceptors (Lipinski definition) is 1. The first-order valence-electron chi connectivity index (χ1n) is 5.28. The van der Waals surface area contributed by atoms with Gasteiger partial charge in [-0.05, 0) is 22.3 Å². The molecule has 0 unspecified atom stereocenters. The van der Waals surface area contributed by atoms with E-state index in [1.54, 1.807) is 0 Å². The van der Waals surface area contributed by atoms with Crippen LogP contribution in [0.5, 0.6) is 0 Å². The Balaban J connectivity index is 2.28. The highest BCUT2D eigenvalue weighted by Crippen LogP contribution is 2.20. The quantitative estimate of drug-likeness (QED) is 0.804. The Morgan fingerprint density at radius 1 is 0.750 bits per heavy atom. The van der Waals surface area contributed by atoms with Gasteiger partial charge in [0, 0.05) is 12.4 Å². The number of rotatable bonds is 3. The van der Waals surface area contributed by atoms with Crippen molar-refractivity contribution in [1.29, 1.82) is 0 Å². The molecule has 16 heavy (non-hydrogen) atoms. The van der Waals surface area contributed by atoms with Crippen molar-refractivity contribution in [2.24, 2.45) is 5.73 Å². The normalized spacial score (nSPS) is 10.4. The molecule has 0 aromatic heterocycles. The van der Waals surface area contributed by atoms with E-state index in [0.29, 0.717) is 12.4 Å². The van der Waals surface area contributed by atoms with Crippen LogP contribution in [0.3, 0.4) is 0 Å². The van der Waals surface area contributed by atoms with Gasteiger partial charge in [-0.3, -0.25) is 0 Å². The van der Waals surface area contributed by atoms with Gasteiger partial charge < -0.3 is 5.73 Å². The van der Waals surface area contributed by atoms with Crippen LogP contribution < -0.4 is 5.73 Å². The number of alkyl halides is 1. The van der Waals surface area contributed by atoms with Gasteiger partial charge in [0.15, 0.2) is 0 Å². The van der Waals surface area contributed by atoms with Crippen molar-refractivity contribution >= 4 is 11.6 Å². The summed E-state index contributed by atoms with van der Waals surface area (Å²) in [6.45, 7) is 0.589. The maximum Gasteiger partial charge on any atom is 0.0474 e. The Labute approximate surface area is 101 Å². The molecule has 0 heterocycles. The molecule has 0 fully saturated rings. The van der Waals surface area contributed by atoms with Gasteiger partial charge in [0.2, 0.25) is 0 Å². The molecule has 2 aromatic rings. The molecule has 0 amide bonds. The van der Waals surface area contributed by atoms with E-state index >= 15 is 0 Å². The second-order valence-corrected chi connectivity index (χ2v) is 4.00. The van der Waals surface area contributed by atoms with E-state index in [4.69, 9.17) is 17.3 Å². The summed E-state index contributed by atoms with van der Waals surface area (Å²) < 4.78 is 0. The third-order valence-corrected chi connectivity index (χ3v) is 2.94. The van der Waals surface area contributed by atoms with Crippen LogP contribution in [0.1, 0.15) is 11.1 Å².